The second-order valence-electron chi connectivity index (χ2n) is 15.3. The Bertz CT molecular complexity index is 1400. The molecule has 0 amide bonds. The molecular formula is C32H37N3O6. The van der Waals surface area contributed by atoms with Gasteiger partial charge in [0.15, 0.2) is 16.2 Å². The lowest BCUT2D eigenvalue weighted by Gasteiger charge is -2.34. The number of hydrogen-bond acceptors (Lipinski definition) is 9. The zero-order chi connectivity index (χ0) is 29.5. The first-order chi connectivity index (χ1) is 19.3. The van der Waals surface area contributed by atoms with Crippen LogP contribution in [0.2, 0.25) is 0 Å². The Hall–Kier alpha value is -3.12. The highest BCUT2D eigenvalue weighted by Crippen LogP contribution is 2.69. The Morgan fingerprint density at radius 2 is 1.34 bits per heavy atom. The normalized spacial score (nSPS) is 55.6. The summed E-state index contributed by atoms with van der Waals surface area (Å²) in [7, 11) is 0. The Labute approximate surface area is 240 Å². The first-order valence-electron chi connectivity index (χ1n) is 15.1. The summed E-state index contributed by atoms with van der Waals surface area (Å²) in [6.45, 7) is 10.6. The molecule has 0 N–H and O–H groups in total. The maximum absolute atomic E-state index is 11.8. The van der Waals surface area contributed by atoms with Crippen molar-refractivity contribution in [3.8, 4) is 18.2 Å². The SMILES string of the molecule is CC1(C)C2CC3C1OC(=O)C3(C#N)C2.CC1C2CC3C(C#N)(C2)C(=O)OC13C.CC1C2CC3C1OC(=O)C3(C#N)C2. The van der Waals surface area contributed by atoms with E-state index >= 15 is 0 Å². The Kier molecular flexibility index (Phi) is 5.11. The summed E-state index contributed by atoms with van der Waals surface area (Å²) < 4.78 is 16.1. The molecule has 14 unspecified atom stereocenters. The average Bonchev–Trinajstić information content (AvgIpc) is 3.79. The molecule has 0 aromatic carbocycles. The summed E-state index contributed by atoms with van der Waals surface area (Å²) in [6, 6.07) is 6.63. The summed E-state index contributed by atoms with van der Waals surface area (Å²) in [6.07, 6.45) is 5.24. The highest BCUT2D eigenvalue weighted by molar-refractivity contribution is 5.86. The van der Waals surface area contributed by atoms with Crippen LogP contribution in [0.25, 0.3) is 0 Å². The van der Waals surface area contributed by atoms with Crippen molar-refractivity contribution < 1.29 is 28.6 Å². The van der Waals surface area contributed by atoms with Gasteiger partial charge in [-0.05, 0) is 75.0 Å². The van der Waals surface area contributed by atoms with E-state index in [1.807, 2.05) is 6.92 Å². The monoisotopic (exact) mass is 559 g/mol. The number of carbonyl (C=O) groups is 3. The van der Waals surface area contributed by atoms with Gasteiger partial charge in [-0.25, -0.2) is 0 Å². The third kappa shape index (κ3) is 2.83. The van der Waals surface area contributed by atoms with Gasteiger partial charge in [0.25, 0.3) is 0 Å². The van der Waals surface area contributed by atoms with Crippen molar-refractivity contribution in [1.29, 1.82) is 15.8 Å². The molecule has 6 aliphatic carbocycles. The van der Waals surface area contributed by atoms with E-state index in [1.54, 1.807) is 0 Å². The van der Waals surface area contributed by atoms with Gasteiger partial charge in [-0.15, -0.1) is 0 Å². The minimum atomic E-state index is -0.786. The second kappa shape index (κ2) is 7.83. The standard InChI is InChI=1S/2C11H13NO2.C10H11NO2/c1-10(2)6-3-7-8(10)14-9(13)11(7,4-6)5-12;1-6-7-3-8-10(6,2)14-9(13)11(8,4-7)5-12;1-5-6-2-7-8(5)13-9(12)10(7,3-6)4-11/h2*6-8H,3-4H2,1-2H3;5-8H,2-3H2,1H3. The topological polar surface area (TPSA) is 150 Å². The van der Waals surface area contributed by atoms with E-state index in [1.165, 1.54) is 0 Å². The van der Waals surface area contributed by atoms with Crippen molar-refractivity contribution in [3.05, 3.63) is 0 Å². The van der Waals surface area contributed by atoms with Crippen LogP contribution >= 0.6 is 0 Å². The van der Waals surface area contributed by atoms with E-state index in [4.69, 9.17) is 24.7 Å². The first kappa shape index (κ1) is 26.8. The minimum absolute atomic E-state index is 0.00611. The lowest BCUT2D eigenvalue weighted by atomic mass is 9.66. The van der Waals surface area contributed by atoms with Gasteiger partial charge in [0.2, 0.25) is 0 Å². The van der Waals surface area contributed by atoms with Gasteiger partial charge in [-0.2, -0.15) is 15.8 Å². The van der Waals surface area contributed by atoms with E-state index in [0.29, 0.717) is 29.6 Å². The van der Waals surface area contributed by atoms with Crippen LogP contribution in [0.1, 0.15) is 73.1 Å². The van der Waals surface area contributed by atoms with E-state index in [-0.39, 0.29) is 58.9 Å². The molecule has 216 valence electrons. The molecule has 3 aliphatic heterocycles. The molecule has 3 saturated heterocycles. The van der Waals surface area contributed by atoms with Crippen LogP contribution in [0.3, 0.4) is 0 Å². The summed E-state index contributed by atoms with van der Waals surface area (Å²) in [5.74, 6) is 2.16. The number of esters is 3. The predicted octanol–water partition coefficient (Wildman–Crippen LogP) is 4.07. The number of nitriles is 3. The fraction of sp³-hybridized carbons (Fsp3) is 0.812. The Morgan fingerprint density at radius 3 is 1.93 bits per heavy atom. The van der Waals surface area contributed by atoms with Gasteiger partial charge in [0, 0.05) is 23.2 Å². The number of rotatable bonds is 0. The molecule has 0 radical (unpaired) electrons. The van der Waals surface area contributed by atoms with Crippen LogP contribution in [0, 0.1) is 103 Å². The van der Waals surface area contributed by atoms with Crippen molar-refractivity contribution in [3.63, 3.8) is 0 Å². The van der Waals surface area contributed by atoms with Gasteiger partial charge in [-0.3, -0.25) is 14.4 Å². The molecule has 0 aromatic heterocycles. The molecule has 9 fully saturated rings. The first-order valence-corrected chi connectivity index (χ1v) is 15.1. The van der Waals surface area contributed by atoms with E-state index in [2.05, 4.69) is 45.9 Å². The van der Waals surface area contributed by atoms with Crippen molar-refractivity contribution >= 4 is 17.9 Å². The fourth-order valence-corrected chi connectivity index (χ4v) is 11.0. The quantitative estimate of drug-likeness (QED) is 0.316. The van der Waals surface area contributed by atoms with Crippen molar-refractivity contribution in [2.24, 2.45) is 69.0 Å². The van der Waals surface area contributed by atoms with Gasteiger partial charge < -0.3 is 14.2 Å². The molecule has 6 saturated carbocycles. The second-order valence-corrected chi connectivity index (χ2v) is 15.3. The minimum Gasteiger partial charge on any atom is -0.461 e. The zero-order valence-corrected chi connectivity index (χ0v) is 24.3. The summed E-state index contributed by atoms with van der Waals surface area (Å²) in [4.78, 5) is 35.0. The van der Waals surface area contributed by atoms with Crippen LogP contribution in [-0.4, -0.2) is 35.7 Å². The van der Waals surface area contributed by atoms with Gasteiger partial charge in [-0.1, -0.05) is 27.7 Å². The molecule has 9 heteroatoms. The molecular weight excluding hydrogens is 522 g/mol. The highest BCUT2D eigenvalue weighted by atomic mass is 16.6. The van der Waals surface area contributed by atoms with Gasteiger partial charge in [0.05, 0.1) is 18.2 Å². The van der Waals surface area contributed by atoms with E-state index in [0.717, 1.165) is 38.5 Å². The third-order valence-electron chi connectivity index (χ3n) is 13.8. The van der Waals surface area contributed by atoms with E-state index in [9.17, 15) is 19.6 Å². The fourth-order valence-electron chi connectivity index (χ4n) is 11.0. The van der Waals surface area contributed by atoms with Crippen molar-refractivity contribution in [2.45, 2.75) is 91.0 Å². The lowest BCUT2D eigenvalue weighted by molar-refractivity contribution is -0.152. The molecule has 14 atom stereocenters. The van der Waals surface area contributed by atoms with Crippen LogP contribution in [0.4, 0.5) is 0 Å². The number of ether oxygens (including phenoxy) is 3. The lowest BCUT2D eigenvalue weighted by Crippen LogP contribution is -2.41. The van der Waals surface area contributed by atoms with Crippen LogP contribution in [0.15, 0.2) is 0 Å². The summed E-state index contributed by atoms with van der Waals surface area (Å²) >= 11 is 0. The van der Waals surface area contributed by atoms with Crippen molar-refractivity contribution in [2.75, 3.05) is 0 Å². The van der Waals surface area contributed by atoms with Gasteiger partial charge in [0.1, 0.15) is 17.8 Å². The molecule has 0 spiro atoms. The highest BCUT2D eigenvalue weighted by Gasteiger charge is 2.76. The molecule has 3 heterocycles. The van der Waals surface area contributed by atoms with Gasteiger partial charge >= 0.3 is 17.9 Å². The molecule has 6 bridgehead atoms. The Balaban J connectivity index is 0.000000101. The predicted molar refractivity (Wildman–Crippen MR) is 139 cm³/mol. The smallest absolute Gasteiger partial charge is 0.327 e. The molecule has 41 heavy (non-hydrogen) atoms. The number of fused-ring (bicyclic) bond motifs is 3. The molecule has 9 rings (SSSR count). The maximum atomic E-state index is 11.8. The average molecular weight is 560 g/mol. The van der Waals surface area contributed by atoms with Crippen LogP contribution in [0.5, 0.6) is 0 Å². The third-order valence-corrected chi connectivity index (χ3v) is 13.8. The summed E-state index contributed by atoms with van der Waals surface area (Å²) in [5.41, 5.74) is -2.58. The molecule has 9 aliphatic rings. The van der Waals surface area contributed by atoms with Crippen LogP contribution in [-0.2, 0) is 28.6 Å². The zero-order valence-electron chi connectivity index (χ0n) is 24.3. The molecule has 9 nitrogen and oxygen atoms in total. The molecule has 0 aromatic rings. The largest absolute Gasteiger partial charge is 0.461 e. The van der Waals surface area contributed by atoms with Crippen LogP contribution < -0.4 is 0 Å². The number of nitrogens with zero attached hydrogens (tertiary/aromatic N) is 3. The van der Waals surface area contributed by atoms with Crippen molar-refractivity contribution in [1.82, 2.24) is 0 Å². The maximum Gasteiger partial charge on any atom is 0.327 e. The number of carbonyl (C=O) groups excluding carboxylic acids is 3. The van der Waals surface area contributed by atoms with E-state index < -0.39 is 16.2 Å². The number of hydrogen-bond donors (Lipinski definition) is 0. The Morgan fingerprint density at radius 1 is 0.732 bits per heavy atom. The summed E-state index contributed by atoms with van der Waals surface area (Å²) in [5, 5.41) is 27.4.